The van der Waals surface area contributed by atoms with Crippen LogP contribution in [-0.2, 0) is 9.59 Å². The third kappa shape index (κ3) is 2.44. The average molecular weight is 240 g/mol. The highest BCUT2D eigenvalue weighted by Crippen LogP contribution is 2.27. The molecule has 2 aliphatic heterocycles. The average Bonchev–Trinajstić information content (AvgIpc) is 2.71. The fourth-order valence-electron chi connectivity index (χ4n) is 2.88. The first-order chi connectivity index (χ1) is 8.11. The molecule has 0 radical (unpaired) electrons. The second-order valence-electron chi connectivity index (χ2n) is 5.03. The molecule has 0 saturated carbocycles. The number of amides is 1. The Labute approximate surface area is 101 Å². The van der Waals surface area contributed by atoms with Gasteiger partial charge in [0.25, 0.3) is 0 Å². The molecule has 2 saturated heterocycles. The van der Waals surface area contributed by atoms with E-state index in [4.69, 9.17) is 5.11 Å². The predicted molar refractivity (Wildman–Crippen MR) is 62.5 cm³/mol. The zero-order valence-corrected chi connectivity index (χ0v) is 10.2. The molecular weight excluding hydrogens is 220 g/mol. The normalized spacial score (nSPS) is 30.5. The molecule has 0 aromatic rings. The number of carbonyl (C=O) groups is 2. The Bertz CT molecular complexity index is 313. The molecule has 0 spiro atoms. The summed E-state index contributed by atoms with van der Waals surface area (Å²) in [5.41, 5.74) is 0. The Morgan fingerprint density at radius 3 is 2.41 bits per heavy atom. The minimum atomic E-state index is -0.780. The van der Waals surface area contributed by atoms with Gasteiger partial charge in [-0.15, -0.1) is 0 Å². The summed E-state index contributed by atoms with van der Waals surface area (Å²) in [6, 6.07) is -0.158. The van der Waals surface area contributed by atoms with Crippen molar-refractivity contribution in [2.75, 3.05) is 19.6 Å². The van der Waals surface area contributed by atoms with Crippen molar-refractivity contribution in [3.05, 3.63) is 0 Å². The maximum Gasteiger partial charge on any atom is 0.308 e. The third-order valence-electron chi connectivity index (χ3n) is 4.04. The number of piperidine rings is 1. The van der Waals surface area contributed by atoms with Crippen molar-refractivity contribution in [2.45, 2.75) is 32.2 Å². The predicted octanol–water partition coefficient (Wildman–Crippen LogP) is 0.308. The van der Waals surface area contributed by atoms with Gasteiger partial charge in [-0.3, -0.25) is 9.59 Å². The highest BCUT2D eigenvalue weighted by molar-refractivity contribution is 5.81. The van der Waals surface area contributed by atoms with Crippen LogP contribution in [0.4, 0.5) is 0 Å². The number of nitrogens with one attached hydrogen (secondary N) is 1. The van der Waals surface area contributed by atoms with Crippen molar-refractivity contribution in [3.63, 3.8) is 0 Å². The molecule has 2 rings (SSSR count). The summed E-state index contributed by atoms with van der Waals surface area (Å²) >= 11 is 0. The summed E-state index contributed by atoms with van der Waals surface area (Å²) in [6.07, 6.45) is 2.34. The number of nitrogens with zero attached hydrogens (tertiary/aromatic N) is 1. The number of aliphatic carboxylic acids is 1. The van der Waals surface area contributed by atoms with Crippen molar-refractivity contribution < 1.29 is 14.7 Å². The molecule has 2 heterocycles. The van der Waals surface area contributed by atoms with E-state index in [1.165, 1.54) is 0 Å². The minimum Gasteiger partial charge on any atom is -0.481 e. The Kier molecular flexibility index (Phi) is 3.66. The fraction of sp³-hybridized carbons (Fsp3) is 0.833. The Balaban J connectivity index is 1.98. The Morgan fingerprint density at radius 2 is 1.88 bits per heavy atom. The van der Waals surface area contributed by atoms with Crippen molar-refractivity contribution in [1.29, 1.82) is 0 Å². The molecule has 2 unspecified atom stereocenters. The lowest BCUT2D eigenvalue weighted by Crippen LogP contribution is -2.44. The van der Waals surface area contributed by atoms with E-state index in [0.717, 1.165) is 25.9 Å². The Hall–Kier alpha value is -1.10. The maximum atomic E-state index is 12.3. The van der Waals surface area contributed by atoms with Crippen LogP contribution >= 0.6 is 0 Å². The number of hydrogen-bond acceptors (Lipinski definition) is 3. The van der Waals surface area contributed by atoms with Gasteiger partial charge < -0.3 is 15.3 Å². The highest BCUT2D eigenvalue weighted by Gasteiger charge is 2.40. The van der Waals surface area contributed by atoms with Gasteiger partial charge >= 0.3 is 5.97 Å². The monoisotopic (exact) mass is 240 g/mol. The van der Waals surface area contributed by atoms with Crippen molar-refractivity contribution >= 4 is 11.9 Å². The molecule has 0 aromatic heterocycles. The molecular formula is C12H20N2O3. The molecule has 2 N–H and O–H groups in total. The molecule has 0 aromatic carbocycles. The summed E-state index contributed by atoms with van der Waals surface area (Å²) in [5, 5.41) is 12.3. The van der Waals surface area contributed by atoms with Crippen molar-refractivity contribution in [1.82, 2.24) is 10.2 Å². The number of rotatable bonds is 2. The molecule has 1 amide bonds. The van der Waals surface area contributed by atoms with Crippen LogP contribution in [0.2, 0.25) is 0 Å². The van der Waals surface area contributed by atoms with E-state index in [-0.39, 0.29) is 23.8 Å². The largest absolute Gasteiger partial charge is 0.481 e. The van der Waals surface area contributed by atoms with Crippen LogP contribution < -0.4 is 5.32 Å². The van der Waals surface area contributed by atoms with Gasteiger partial charge in [0.1, 0.15) is 0 Å². The number of likely N-dealkylation sites (tertiary alicyclic amines) is 1. The van der Waals surface area contributed by atoms with E-state index in [1.807, 2.05) is 6.92 Å². The van der Waals surface area contributed by atoms with E-state index in [1.54, 1.807) is 4.90 Å². The Morgan fingerprint density at radius 1 is 1.24 bits per heavy atom. The van der Waals surface area contributed by atoms with Gasteiger partial charge in [0.05, 0.1) is 5.92 Å². The molecule has 5 nitrogen and oxygen atoms in total. The van der Waals surface area contributed by atoms with Crippen LogP contribution in [0.5, 0.6) is 0 Å². The summed E-state index contributed by atoms with van der Waals surface area (Å²) in [5.74, 6) is -0.923. The summed E-state index contributed by atoms with van der Waals surface area (Å²) in [4.78, 5) is 25.1. The zero-order chi connectivity index (χ0) is 12.4. The van der Waals surface area contributed by atoms with Gasteiger partial charge in [-0.05, 0) is 39.3 Å². The summed E-state index contributed by atoms with van der Waals surface area (Å²) in [6.45, 7) is 4.23. The molecule has 2 atom stereocenters. The second kappa shape index (κ2) is 5.04. The molecule has 2 aliphatic rings. The van der Waals surface area contributed by atoms with E-state index in [2.05, 4.69) is 5.32 Å². The van der Waals surface area contributed by atoms with Crippen LogP contribution in [-0.4, -0.2) is 47.6 Å². The zero-order valence-electron chi connectivity index (χ0n) is 10.2. The smallest absolute Gasteiger partial charge is 0.308 e. The van der Waals surface area contributed by atoms with E-state index < -0.39 is 5.97 Å². The molecule has 0 bridgehead atoms. The molecule has 0 aliphatic carbocycles. The lowest BCUT2D eigenvalue weighted by Gasteiger charge is -2.30. The van der Waals surface area contributed by atoms with Crippen LogP contribution in [0.3, 0.4) is 0 Å². The summed E-state index contributed by atoms with van der Waals surface area (Å²) in [7, 11) is 0. The van der Waals surface area contributed by atoms with Gasteiger partial charge in [0, 0.05) is 18.5 Å². The van der Waals surface area contributed by atoms with Gasteiger partial charge in [0.15, 0.2) is 0 Å². The number of carboxylic acids is 1. The number of carbonyl (C=O) groups excluding carboxylic acids is 1. The van der Waals surface area contributed by atoms with Crippen LogP contribution in [0.1, 0.15) is 26.2 Å². The van der Waals surface area contributed by atoms with Crippen LogP contribution in [0.15, 0.2) is 0 Å². The quantitative estimate of drug-likeness (QED) is 0.728. The van der Waals surface area contributed by atoms with Crippen molar-refractivity contribution in [2.24, 2.45) is 11.8 Å². The van der Waals surface area contributed by atoms with Crippen LogP contribution in [0, 0.1) is 11.8 Å². The first-order valence-corrected chi connectivity index (χ1v) is 6.35. The maximum absolute atomic E-state index is 12.3. The third-order valence-corrected chi connectivity index (χ3v) is 4.04. The molecule has 5 heteroatoms. The molecule has 17 heavy (non-hydrogen) atoms. The molecule has 96 valence electrons. The minimum absolute atomic E-state index is 0.0891. The van der Waals surface area contributed by atoms with Crippen LogP contribution in [0.25, 0.3) is 0 Å². The van der Waals surface area contributed by atoms with E-state index >= 15 is 0 Å². The van der Waals surface area contributed by atoms with Crippen molar-refractivity contribution in [3.8, 4) is 0 Å². The van der Waals surface area contributed by atoms with Gasteiger partial charge in [-0.2, -0.15) is 0 Å². The van der Waals surface area contributed by atoms with Gasteiger partial charge in [0.2, 0.25) is 5.91 Å². The van der Waals surface area contributed by atoms with E-state index in [0.29, 0.717) is 13.0 Å². The molecule has 2 fully saturated rings. The fourth-order valence-corrected chi connectivity index (χ4v) is 2.88. The summed E-state index contributed by atoms with van der Waals surface area (Å²) < 4.78 is 0. The standard InChI is InChI=1S/C12H20N2O3/c1-8-10(12(16)17)4-7-14(8)11(15)9-2-5-13-6-3-9/h8-10,13H,2-7H2,1H3,(H,16,17). The SMILES string of the molecule is CC1C(C(=O)O)CCN1C(=O)C1CCNCC1. The van der Waals surface area contributed by atoms with Gasteiger partial charge in [-0.25, -0.2) is 0 Å². The number of hydrogen-bond donors (Lipinski definition) is 2. The lowest BCUT2D eigenvalue weighted by atomic mass is 9.95. The topological polar surface area (TPSA) is 69.6 Å². The highest BCUT2D eigenvalue weighted by atomic mass is 16.4. The number of carboxylic acid groups (broad SMARTS) is 1. The second-order valence-corrected chi connectivity index (χ2v) is 5.03. The first-order valence-electron chi connectivity index (χ1n) is 6.35. The lowest BCUT2D eigenvalue weighted by molar-refractivity contribution is -0.143. The van der Waals surface area contributed by atoms with E-state index in [9.17, 15) is 9.59 Å². The first kappa shape index (κ1) is 12.4. The van der Waals surface area contributed by atoms with Gasteiger partial charge in [-0.1, -0.05) is 0 Å².